The maximum absolute atomic E-state index is 4.57. The molecule has 1 N–H and O–H groups in total. The van der Waals surface area contributed by atoms with Crippen LogP contribution in [-0.4, -0.2) is 15.2 Å². The molecule has 0 aliphatic heterocycles. The summed E-state index contributed by atoms with van der Waals surface area (Å²) in [6, 6.07) is 16.5. The Balaban J connectivity index is 2.12. The lowest BCUT2D eigenvalue weighted by atomic mass is 10.0. The molecule has 0 atom stereocenters. The number of benzene rings is 2. The van der Waals surface area contributed by atoms with Crippen LogP contribution in [0.4, 0.5) is 0 Å². The Morgan fingerprint density at radius 3 is 2.79 bits per heavy atom. The van der Waals surface area contributed by atoms with Crippen molar-refractivity contribution in [2.45, 2.75) is 0 Å². The third-order valence-electron chi connectivity index (χ3n) is 3.41. The lowest BCUT2D eigenvalue weighted by Gasteiger charge is -2.06. The van der Waals surface area contributed by atoms with Crippen LogP contribution in [0.5, 0.6) is 0 Å². The standard InChI is InChI=1S/C16H11N3/c1-2-5-12-11(4-1)8-9-17-16(12)13-6-3-7-15-14(13)10-18-19-15/h1-10H,(H,18,19). The van der Waals surface area contributed by atoms with E-state index in [1.165, 1.54) is 10.8 Å². The number of nitrogens with zero attached hydrogens (tertiary/aromatic N) is 2. The highest BCUT2D eigenvalue weighted by molar-refractivity contribution is 6.02. The van der Waals surface area contributed by atoms with Gasteiger partial charge >= 0.3 is 0 Å². The predicted octanol–water partition coefficient (Wildman–Crippen LogP) is 3.78. The first-order chi connectivity index (χ1) is 9.43. The Labute approximate surface area is 109 Å². The van der Waals surface area contributed by atoms with Gasteiger partial charge in [-0.15, -0.1) is 0 Å². The number of nitrogens with one attached hydrogen (secondary N) is 1. The van der Waals surface area contributed by atoms with Crippen molar-refractivity contribution < 1.29 is 0 Å². The first-order valence-electron chi connectivity index (χ1n) is 6.20. The molecule has 2 aromatic heterocycles. The largest absolute Gasteiger partial charge is 0.278 e. The number of rotatable bonds is 1. The lowest BCUT2D eigenvalue weighted by molar-refractivity contribution is 1.12. The molecule has 0 aliphatic carbocycles. The van der Waals surface area contributed by atoms with Crippen LogP contribution in [0.1, 0.15) is 0 Å². The highest BCUT2D eigenvalue weighted by Gasteiger charge is 2.09. The van der Waals surface area contributed by atoms with Crippen molar-refractivity contribution in [1.82, 2.24) is 15.2 Å². The minimum Gasteiger partial charge on any atom is -0.278 e. The molecule has 0 unspecified atom stereocenters. The molecular formula is C16H11N3. The zero-order chi connectivity index (χ0) is 12.7. The van der Waals surface area contributed by atoms with Gasteiger partial charge in [-0.1, -0.05) is 36.4 Å². The van der Waals surface area contributed by atoms with Gasteiger partial charge in [0, 0.05) is 22.5 Å². The molecule has 0 radical (unpaired) electrons. The van der Waals surface area contributed by atoms with Crippen molar-refractivity contribution >= 4 is 21.7 Å². The van der Waals surface area contributed by atoms with Crippen molar-refractivity contribution in [2.24, 2.45) is 0 Å². The van der Waals surface area contributed by atoms with Gasteiger partial charge in [0.05, 0.1) is 17.4 Å². The molecule has 0 amide bonds. The Kier molecular flexibility index (Phi) is 2.12. The molecule has 3 nitrogen and oxygen atoms in total. The quantitative estimate of drug-likeness (QED) is 0.554. The molecule has 3 heteroatoms. The molecule has 0 saturated carbocycles. The van der Waals surface area contributed by atoms with Crippen molar-refractivity contribution in [1.29, 1.82) is 0 Å². The monoisotopic (exact) mass is 245 g/mol. The summed E-state index contributed by atoms with van der Waals surface area (Å²) in [6.45, 7) is 0. The molecule has 0 fully saturated rings. The summed E-state index contributed by atoms with van der Waals surface area (Å²) in [5.41, 5.74) is 3.15. The van der Waals surface area contributed by atoms with Crippen LogP contribution in [0.2, 0.25) is 0 Å². The van der Waals surface area contributed by atoms with Gasteiger partial charge in [-0.2, -0.15) is 5.10 Å². The molecule has 4 aromatic rings. The van der Waals surface area contributed by atoms with E-state index in [2.05, 4.69) is 33.4 Å². The average molecular weight is 245 g/mol. The SMILES string of the molecule is c1ccc2c(-c3cccc4[nH]ncc34)nccc2c1. The molecule has 4 rings (SSSR count). The smallest absolute Gasteiger partial charge is 0.0787 e. The van der Waals surface area contributed by atoms with E-state index in [0.717, 1.165) is 22.2 Å². The molecular weight excluding hydrogens is 234 g/mol. The van der Waals surface area contributed by atoms with Gasteiger partial charge in [0.25, 0.3) is 0 Å². The number of hydrogen-bond donors (Lipinski definition) is 1. The van der Waals surface area contributed by atoms with E-state index < -0.39 is 0 Å². The fourth-order valence-electron chi connectivity index (χ4n) is 2.51. The number of H-pyrrole nitrogens is 1. The van der Waals surface area contributed by atoms with E-state index in [1.54, 1.807) is 0 Å². The summed E-state index contributed by atoms with van der Waals surface area (Å²) in [7, 11) is 0. The summed E-state index contributed by atoms with van der Waals surface area (Å²) in [5, 5.41) is 10.6. The van der Waals surface area contributed by atoms with Crippen molar-refractivity contribution in [3.05, 3.63) is 60.9 Å². The van der Waals surface area contributed by atoms with E-state index in [9.17, 15) is 0 Å². The van der Waals surface area contributed by atoms with Gasteiger partial charge in [-0.05, 0) is 17.5 Å². The second kappa shape index (κ2) is 3.92. The highest BCUT2D eigenvalue weighted by Crippen LogP contribution is 2.31. The minimum absolute atomic E-state index is 1.00. The Morgan fingerprint density at radius 2 is 1.79 bits per heavy atom. The number of hydrogen-bond acceptors (Lipinski definition) is 2. The fourth-order valence-corrected chi connectivity index (χ4v) is 2.51. The van der Waals surface area contributed by atoms with Crippen LogP contribution in [0.25, 0.3) is 32.9 Å². The van der Waals surface area contributed by atoms with Crippen molar-refractivity contribution in [3.63, 3.8) is 0 Å². The van der Waals surface area contributed by atoms with Gasteiger partial charge in [-0.3, -0.25) is 10.1 Å². The lowest BCUT2D eigenvalue weighted by Crippen LogP contribution is -1.86. The summed E-state index contributed by atoms with van der Waals surface area (Å²) in [5.74, 6) is 0. The maximum Gasteiger partial charge on any atom is 0.0787 e. The second-order valence-corrected chi connectivity index (χ2v) is 4.52. The van der Waals surface area contributed by atoms with E-state index in [0.29, 0.717) is 0 Å². The molecule has 19 heavy (non-hydrogen) atoms. The van der Waals surface area contributed by atoms with Gasteiger partial charge < -0.3 is 0 Å². The third kappa shape index (κ3) is 1.52. The van der Waals surface area contributed by atoms with E-state index in [4.69, 9.17) is 0 Å². The summed E-state index contributed by atoms with van der Waals surface area (Å²) < 4.78 is 0. The van der Waals surface area contributed by atoms with E-state index >= 15 is 0 Å². The molecule has 0 saturated heterocycles. The second-order valence-electron chi connectivity index (χ2n) is 4.52. The topological polar surface area (TPSA) is 41.6 Å². The molecule has 90 valence electrons. The van der Waals surface area contributed by atoms with Gasteiger partial charge in [-0.25, -0.2) is 0 Å². The van der Waals surface area contributed by atoms with E-state index in [-0.39, 0.29) is 0 Å². The van der Waals surface area contributed by atoms with Crippen LogP contribution in [0, 0.1) is 0 Å². The Bertz CT molecular complexity index is 872. The Hall–Kier alpha value is -2.68. The normalized spacial score (nSPS) is 11.2. The predicted molar refractivity (Wildman–Crippen MR) is 76.8 cm³/mol. The fraction of sp³-hybridized carbons (Fsp3) is 0. The summed E-state index contributed by atoms with van der Waals surface area (Å²) in [6.07, 6.45) is 3.71. The first kappa shape index (κ1) is 10.3. The van der Waals surface area contributed by atoms with Crippen LogP contribution < -0.4 is 0 Å². The van der Waals surface area contributed by atoms with Gasteiger partial charge in [0.1, 0.15) is 0 Å². The molecule has 0 bridgehead atoms. The minimum atomic E-state index is 1.00. The summed E-state index contributed by atoms with van der Waals surface area (Å²) in [4.78, 5) is 4.57. The number of pyridine rings is 1. The van der Waals surface area contributed by atoms with Crippen molar-refractivity contribution in [2.75, 3.05) is 0 Å². The van der Waals surface area contributed by atoms with Crippen LogP contribution in [0.15, 0.2) is 60.9 Å². The number of fused-ring (bicyclic) bond motifs is 2. The zero-order valence-electron chi connectivity index (χ0n) is 10.2. The molecule has 2 aromatic carbocycles. The van der Waals surface area contributed by atoms with Crippen molar-refractivity contribution in [3.8, 4) is 11.3 Å². The molecule has 0 aliphatic rings. The van der Waals surface area contributed by atoms with Crippen LogP contribution in [0.3, 0.4) is 0 Å². The summed E-state index contributed by atoms with van der Waals surface area (Å²) >= 11 is 0. The Morgan fingerprint density at radius 1 is 0.842 bits per heavy atom. The number of aromatic amines is 1. The van der Waals surface area contributed by atoms with E-state index in [1.807, 2.05) is 42.7 Å². The third-order valence-corrected chi connectivity index (χ3v) is 3.41. The molecule has 2 heterocycles. The zero-order valence-corrected chi connectivity index (χ0v) is 10.2. The average Bonchev–Trinajstić information content (AvgIpc) is 2.95. The van der Waals surface area contributed by atoms with Crippen LogP contribution >= 0.6 is 0 Å². The first-order valence-corrected chi connectivity index (χ1v) is 6.20. The van der Waals surface area contributed by atoms with Gasteiger partial charge in [0.2, 0.25) is 0 Å². The molecule has 0 spiro atoms. The van der Waals surface area contributed by atoms with Gasteiger partial charge in [0.15, 0.2) is 0 Å². The van der Waals surface area contributed by atoms with Crippen LogP contribution in [-0.2, 0) is 0 Å². The number of aromatic nitrogens is 3. The maximum atomic E-state index is 4.57. The highest BCUT2D eigenvalue weighted by atomic mass is 15.1.